The molecular formula is C19H22N4O2. The molecular weight excluding hydrogens is 316 g/mol. The van der Waals surface area contributed by atoms with Crippen LogP contribution in [0.3, 0.4) is 0 Å². The summed E-state index contributed by atoms with van der Waals surface area (Å²) in [7, 11) is 0. The van der Waals surface area contributed by atoms with E-state index in [0.717, 1.165) is 17.0 Å². The highest BCUT2D eigenvalue weighted by molar-refractivity contribution is 5.59. The number of nitrogens with zero attached hydrogens (tertiary/aromatic N) is 3. The molecule has 130 valence electrons. The summed E-state index contributed by atoms with van der Waals surface area (Å²) in [6.45, 7) is 4.69. The zero-order valence-electron chi connectivity index (χ0n) is 14.4. The van der Waals surface area contributed by atoms with Gasteiger partial charge >= 0.3 is 0 Å². The van der Waals surface area contributed by atoms with E-state index >= 15 is 0 Å². The zero-order chi connectivity index (χ0) is 17.8. The highest BCUT2D eigenvalue weighted by Crippen LogP contribution is 2.29. The fraction of sp³-hybridized carbons (Fsp3) is 0.263. The molecule has 6 heteroatoms. The van der Waals surface area contributed by atoms with Crippen LogP contribution in [-0.4, -0.2) is 19.9 Å². The monoisotopic (exact) mass is 338 g/mol. The Morgan fingerprint density at radius 2 is 2.00 bits per heavy atom. The maximum atomic E-state index is 9.91. The fourth-order valence-electron chi connectivity index (χ4n) is 2.75. The lowest BCUT2D eigenvalue weighted by atomic mass is 10.1. The Kier molecular flexibility index (Phi) is 5.00. The second-order valence-electron chi connectivity index (χ2n) is 6.01. The molecule has 25 heavy (non-hydrogen) atoms. The van der Waals surface area contributed by atoms with Crippen LogP contribution in [0.1, 0.15) is 31.0 Å². The molecule has 3 rings (SSSR count). The van der Waals surface area contributed by atoms with Crippen molar-refractivity contribution < 1.29 is 9.84 Å². The molecule has 1 aromatic carbocycles. The molecule has 0 fully saturated rings. The third-order valence-corrected chi connectivity index (χ3v) is 3.99. The molecule has 6 nitrogen and oxygen atoms in total. The Hall–Kier alpha value is -2.86. The first-order valence-electron chi connectivity index (χ1n) is 8.23. The molecule has 0 aliphatic carbocycles. The summed E-state index contributed by atoms with van der Waals surface area (Å²) in [5.41, 5.74) is 9.04. The molecule has 3 aromatic rings. The van der Waals surface area contributed by atoms with Crippen molar-refractivity contribution in [2.45, 2.75) is 33.0 Å². The summed E-state index contributed by atoms with van der Waals surface area (Å²) in [5.74, 6) is 0.721. The van der Waals surface area contributed by atoms with Gasteiger partial charge in [-0.15, -0.1) is 0 Å². The molecule has 2 aromatic heterocycles. The van der Waals surface area contributed by atoms with Crippen LogP contribution in [0.15, 0.2) is 48.8 Å². The summed E-state index contributed by atoms with van der Waals surface area (Å²) < 4.78 is 7.86. The van der Waals surface area contributed by atoms with Crippen LogP contribution in [0.25, 0.3) is 11.4 Å². The number of hydrogen-bond acceptors (Lipinski definition) is 5. The predicted molar refractivity (Wildman–Crippen MR) is 96.2 cm³/mol. The quantitative estimate of drug-likeness (QED) is 0.720. The van der Waals surface area contributed by atoms with Gasteiger partial charge in [0, 0.05) is 36.1 Å². The van der Waals surface area contributed by atoms with Crippen LogP contribution in [-0.2, 0) is 13.2 Å². The first kappa shape index (κ1) is 17.0. The number of benzene rings is 1. The molecule has 0 atom stereocenters. The minimum Gasteiger partial charge on any atom is -0.507 e. The van der Waals surface area contributed by atoms with Gasteiger partial charge in [0.05, 0.1) is 11.4 Å². The Bertz CT molecular complexity index is 858. The molecule has 0 bridgehead atoms. The standard InChI is InChI=1S/C19H22N4O2/c1-13(2)23-16(8-10-22-23)19-14(5-4-9-21-19)12-25-18-7-3-6-17(24)15(18)11-20/h3-10,13,24H,11-12,20H2,1-2H3. The first-order chi connectivity index (χ1) is 12.1. The number of phenolic OH excluding ortho intramolecular Hbond substituents is 1. The number of nitrogens with two attached hydrogens (primary N) is 1. The third kappa shape index (κ3) is 3.49. The van der Waals surface area contributed by atoms with Crippen LogP contribution in [0.4, 0.5) is 0 Å². The summed E-state index contributed by atoms with van der Waals surface area (Å²) in [6, 6.07) is 11.2. The number of rotatable bonds is 6. The highest BCUT2D eigenvalue weighted by Gasteiger charge is 2.14. The topological polar surface area (TPSA) is 86.2 Å². The lowest BCUT2D eigenvalue weighted by Gasteiger charge is -2.15. The van der Waals surface area contributed by atoms with Gasteiger partial charge in [-0.1, -0.05) is 12.1 Å². The molecule has 2 heterocycles. The van der Waals surface area contributed by atoms with E-state index in [9.17, 15) is 5.11 Å². The number of phenols is 1. The molecule has 0 saturated carbocycles. The second-order valence-corrected chi connectivity index (χ2v) is 6.01. The van der Waals surface area contributed by atoms with Crippen molar-refractivity contribution in [1.82, 2.24) is 14.8 Å². The molecule has 0 radical (unpaired) electrons. The molecule has 0 aliphatic heterocycles. The Morgan fingerprint density at radius 1 is 1.16 bits per heavy atom. The second kappa shape index (κ2) is 7.36. The van der Waals surface area contributed by atoms with E-state index in [4.69, 9.17) is 10.5 Å². The van der Waals surface area contributed by atoms with Gasteiger partial charge in [-0.05, 0) is 38.1 Å². The smallest absolute Gasteiger partial charge is 0.128 e. The number of aromatic hydroxyl groups is 1. The lowest BCUT2D eigenvalue weighted by molar-refractivity contribution is 0.300. The van der Waals surface area contributed by atoms with E-state index in [1.54, 1.807) is 30.6 Å². The van der Waals surface area contributed by atoms with Gasteiger partial charge in [0.15, 0.2) is 0 Å². The molecule has 3 N–H and O–H groups in total. The minimum absolute atomic E-state index is 0.143. The summed E-state index contributed by atoms with van der Waals surface area (Å²) >= 11 is 0. The SMILES string of the molecule is CC(C)n1nccc1-c1ncccc1COc1cccc(O)c1CN. The van der Waals surface area contributed by atoms with Gasteiger partial charge in [0.1, 0.15) is 18.1 Å². The van der Waals surface area contributed by atoms with Crippen molar-refractivity contribution in [1.29, 1.82) is 0 Å². The van der Waals surface area contributed by atoms with Gasteiger partial charge in [-0.3, -0.25) is 9.67 Å². The van der Waals surface area contributed by atoms with Crippen molar-refractivity contribution in [2.24, 2.45) is 5.73 Å². The van der Waals surface area contributed by atoms with Gasteiger partial charge in [0.2, 0.25) is 0 Å². The molecule has 0 unspecified atom stereocenters. The maximum Gasteiger partial charge on any atom is 0.128 e. The fourth-order valence-corrected chi connectivity index (χ4v) is 2.75. The number of pyridine rings is 1. The Morgan fingerprint density at radius 3 is 2.76 bits per heavy atom. The van der Waals surface area contributed by atoms with E-state index in [0.29, 0.717) is 17.9 Å². The van der Waals surface area contributed by atoms with Crippen molar-refractivity contribution in [2.75, 3.05) is 0 Å². The lowest BCUT2D eigenvalue weighted by Crippen LogP contribution is -2.08. The van der Waals surface area contributed by atoms with E-state index < -0.39 is 0 Å². The molecule has 0 spiro atoms. The normalized spacial score (nSPS) is 11.0. The van der Waals surface area contributed by atoms with Crippen molar-refractivity contribution in [3.05, 3.63) is 59.9 Å². The van der Waals surface area contributed by atoms with Crippen molar-refractivity contribution >= 4 is 0 Å². The van der Waals surface area contributed by atoms with Gasteiger partial charge in [-0.2, -0.15) is 5.10 Å². The number of hydrogen-bond donors (Lipinski definition) is 2. The van der Waals surface area contributed by atoms with Crippen LogP contribution in [0.2, 0.25) is 0 Å². The van der Waals surface area contributed by atoms with Gasteiger partial charge in [-0.25, -0.2) is 0 Å². The summed E-state index contributed by atoms with van der Waals surface area (Å²) in [5, 5.41) is 14.3. The number of aromatic nitrogens is 3. The predicted octanol–water partition coefficient (Wildman–Crippen LogP) is 3.27. The molecule has 0 saturated heterocycles. The van der Waals surface area contributed by atoms with Crippen LogP contribution >= 0.6 is 0 Å². The Balaban J connectivity index is 1.90. The van der Waals surface area contributed by atoms with E-state index in [1.165, 1.54) is 0 Å². The highest BCUT2D eigenvalue weighted by atomic mass is 16.5. The van der Waals surface area contributed by atoms with E-state index in [1.807, 2.05) is 22.9 Å². The summed E-state index contributed by atoms with van der Waals surface area (Å²) in [4.78, 5) is 4.52. The summed E-state index contributed by atoms with van der Waals surface area (Å²) in [6.07, 6.45) is 3.53. The van der Waals surface area contributed by atoms with Crippen LogP contribution in [0.5, 0.6) is 11.5 Å². The van der Waals surface area contributed by atoms with Crippen molar-refractivity contribution in [3.63, 3.8) is 0 Å². The van der Waals surface area contributed by atoms with Gasteiger partial charge < -0.3 is 15.6 Å². The number of ether oxygens (including phenoxy) is 1. The zero-order valence-corrected chi connectivity index (χ0v) is 14.4. The average Bonchev–Trinajstić information content (AvgIpc) is 3.10. The molecule has 0 amide bonds. The Labute approximate surface area is 146 Å². The van der Waals surface area contributed by atoms with E-state index in [-0.39, 0.29) is 18.3 Å². The molecule has 0 aliphatic rings. The maximum absolute atomic E-state index is 9.91. The van der Waals surface area contributed by atoms with Crippen molar-refractivity contribution in [3.8, 4) is 22.9 Å². The average molecular weight is 338 g/mol. The van der Waals surface area contributed by atoms with Crippen LogP contribution in [0, 0.1) is 0 Å². The third-order valence-electron chi connectivity index (χ3n) is 3.99. The van der Waals surface area contributed by atoms with Gasteiger partial charge in [0.25, 0.3) is 0 Å². The largest absolute Gasteiger partial charge is 0.507 e. The first-order valence-corrected chi connectivity index (χ1v) is 8.23. The minimum atomic E-state index is 0.143. The van der Waals surface area contributed by atoms with Crippen LogP contribution < -0.4 is 10.5 Å². The van der Waals surface area contributed by atoms with E-state index in [2.05, 4.69) is 23.9 Å².